The number of fused-ring (bicyclic) bond motifs is 1. The Morgan fingerprint density at radius 1 is 1.07 bits per heavy atom. The lowest BCUT2D eigenvalue weighted by Gasteiger charge is -2.26. The number of rotatable bonds is 6. The maximum atomic E-state index is 5.37. The lowest BCUT2D eigenvalue weighted by atomic mass is 9.83. The zero-order chi connectivity index (χ0) is 19.1. The van der Waals surface area contributed by atoms with Gasteiger partial charge in [0.25, 0.3) is 0 Å². The van der Waals surface area contributed by atoms with E-state index in [-0.39, 0.29) is 0 Å². The quantitative estimate of drug-likeness (QED) is 0.606. The first-order chi connectivity index (χ1) is 13.2. The summed E-state index contributed by atoms with van der Waals surface area (Å²) in [5.41, 5.74) is 4.08. The standard InChI is InChI=1S/C22H29N3O2/c1-23-22(24-14-16-11-12-20(26-2)21(13-16)27-3)25-15-18-9-6-8-17-7-4-5-10-19(17)18/h4-5,7,10-13,18H,6,8-9,14-15H2,1-3H3,(H2,23,24,25). The molecule has 0 saturated carbocycles. The number of guanidine groups is 1. The summed E-state index contributed by atoms with van der Waals surface area (Å²) in [6, 6.07) is 14.7. The molecule has 2 aromatic rings. The van der Waals surface area contributed by atoms with Crippen LogP contribution in [-0.4, -0.2) is 33.8 Å². The van der Waals surface area contributed by atoms with Crippen molar-refractivity contribution < 1.29 is 9.47 Å². The first kappa shape index (κ1) is 19.1. The minimum Gasteiger partial charge on any atom is -0.493 e. The number of hydrogen-bond acceptors (Lipinski definition) is 3. The second-order valence-electron chi connectivity index (χ2n) is 6.78. The van der Waals surface area contributed by atoms with Crippen molar-refractivity contribution in [3.8, 4) is 11.5 Å². The molecule has 2 N–H and O–H groups in total. The van der Waals surface area contributed by atoms with Crippen LogP contribution in [-0.2, 0) is 13.0 Å². The predicted octanol–water partition coefficient (Wildman–Crippen LogP) is 3.49. The second kappa shape index (κ2) is 9.31. The molecule has 5 heteroatoms. The van der Waals surface area contributed by atoms with E-state index in [4.69, 9.17) is 9.47 Å². The van der Waals surface area contributed by atoms with Gasteiger partial charge in [0.15, 0.2) is 17.5 Å². The molecule has 0 heterocycles. The third kappa shape index (κ3) is 4.73. The van der Waals surface area contributed by atoms with Crippen molar-refractivity contribution in [2.24, 2.45) is 4.99 Å². The zero-order valence-corrected chi connectivity index (χ0v) is 16.4. The Labute approximate surface area is 161 Å². The molecule has 0 radical (unpaired) electrons. The van der Waals surface area contributed by atoms with Gasteiger partial charge in [-0.1, -0.05) is 30.3 Å². The molecule has 5 nitrogen and oxygen atoms in total. The van der Waals surface area contributed by atoms with Gasteiger partial charge in [0.1, 0.15) is 0 Å². The third-order valence-electron chi connectivity index (χ3n) is 5.14. The van der Waals surface area contributed by atoms with Crippen LogP contribution in [0.3, 0.4) is 0 Å². The summed E-state index contributed by atoms with van der Waals surface area (Å²) < 4.78 is 10.7. The lowest BCUT2D eigenvalue weighted by Crippen LogP contribution is -2.39. The van der Waals surface area contributed by atoms with Crippen molar-refractivity contribution in [3.05, 3.63) is 59.2 Å². The Bertz CT molecular complexity index is 789. The molecule has 0 fully saturated rings. The predicted molar refractivity (Wildman–Crippen MR) is 110 cm³/mol. The molecule has 0 bridgehead atoms. The van der Waals surface area contributed by atoms with E-state index < -0.39 is 0 Å². The largest absolute Gasteiger partial charge is 0.493 e. The van der Waals surface area contributed by atoms with E-state index in [1.54, 1.807) is 21.3 Å². The van der Waals surface area contributed by atoms with Crippen molar-refractivity contribution in [1.82, 2.24) is 10.6 Å². The fourth-order valence-electron chi connectivity index (χ4n) is 3.68. The highest BCUT2D eigenvalue weighted by atomic mass is 16.5. The van der Waals surface area contributed by atoms with Gasteiger partial charge in [-0.2, -0.15) is 0 Å². The van der Waals surface area contributed by atoms with E-state index in [0.717, 1.165) is 29.6 Å². The summed E-state index contributed by atoms with van der Waals surface area (Å²) in [6.45, 7) is 1.56. The fraction of sp³-hybridized carbons (Fsp3) is 0.409. The molecular weight excluding hydrogens is 338 g/mol. The van der Waals surface area contributed by atoms with Gasteiger partial charge in [0.05, 0.1) is 14.2 Å². The number of methoxy groups -OCH3 is 2. The molecule has 27 heavy (non-hydrogen) atoms. The number of hydrogen-bond donors (Lipinski definition) is 2. The fourth-order valence-corrected chi connectivity index (χ4v) is 3.68. The zero-order valence-electron chi connectivity index (χ0n) is 16.4. The Morgan fingerprint density at radius 3 is 2.67 bits per heavy atom. The van der Waals surface area contributed by atoms with Crippen molar-refractivity contribution in [2.75, 3.05) is 27.8 Å². The van der Waals surface area contributed by atoms with Gasteiger partial charge in [0, 0.05) is 26.1 Å². The lowest BCUT2D eigenvalue weighted by molar-refractivity contribution is 0.354. The molecule has 144 valence electrons. The smallest absolute Gasteiger partial charge is 0.191 e. The minimum absolute atomic E-state index is 0.537. The van der Waals surface area contributed by atoms with Gasteiger partial charge < -0.3 is 20.1 Å². The number of benzene rings is 2. The van der Waals surface area contributed by atoms with Crippen LogP contribution in [0.2, 0.25) is 0 Å². The molecular formula is C22H29N3O2. The van der Waals surface area contributed by atoms with Gasteiger partial charge in [-0.15, -0.1) is 0 Å². The summed E-state index contributed by atoms with van der Waals surface area (Å²) in [4.78, 5) is 4.36. The van der Waals surface area contributed by atoms with Gasteiger partial charge in [0.2, 0.25) is 0 Å². The number of aliphatic imine (C=N–C) groups is 1. The van der Waals surface area contributed by atoms with E-state index >= 15 is 0 Å². The average molecular weight is 367 g/mol. The molecule has 0 spiro atoms. The van der Waals surface area contributed by atoms with Gasteiger partial charge in [-0.25, -0.2) is 0 Å². The first-order valence-corrected chi connectivity index (χ1v) is 9.48. The third-order valence-corrected chi connectivity index (χ3v) is 5.14. The molecule has 0 aromatic heterocycles. The molecule has 3 rings (SSSR count). The van der Waals surface area contributed by atoms with Crippen LogP contribution in [0.5, 0.6) is 11.5 Å². The van der Waals surface area contributed by atoms with Crippen LogP contribution in [0.15, 0.2) is 47.5 Å². The normalized spacial score (nSPS) is 16.4. The highest BCUT2D eigenvalue weighted by Gasteiger charge is 2.19. The number of nitrogens with zero attached hydrogens (tertiary/aromatic N) is 1. The minimum atomic E-state index is 0.537. The van der Waals surface area contributed by atoms with E-state index in [0.29, 0.717) is 12.5 Å². The van der Waals surface area contributed by atoms with Crippen LogP contribution in [0, 0.1) is 0 Å². The van der Waals surface area contributed by atoms with E-state index in [2.05, 4.69) is 39.9 Å². The van der Waals surface area contributed by atoms with Gasteiger partial charge in [-0.05, 0) is 48.1 Å². The molecule has 1 aliphatic rings. The van der Waals surface area contributed by atoms with Crippen molar-refractivity contribution in [1.29, 1.82) is 0 Å². The molecule has 1 atom stereocenters. The summed E-state index contributed by atoms with van der Waals surface area (Å²) in [7, 11) is 5.10. The van der Waals surface area contributed by atoms with Crippen LogP contribution >= 0.6 is 0 Å². The van der Waals surface area contributed by atoms with E-state index in [1.807, 2.05) is 18.2 Å². The monoisotopic (exact) mass is 367 g/mol. The van der Waals surface area contributed by atoms with Crippen LogP contribution in [0.25, 0.3) is 0 Å². The summed E-state index contributed by atoms with van der Waals surface area (Å²) in [5, 5.41) is 6.86. The van der Waals surface area contributed by atoms with Crippen molar-refractivity contribution >= 4 is 5.96 Å². The molecule has 0 aliphatic heterocycles. The van der Waals surface area contributed by atoms with E-state index in [1.165, 1.54) is 30.4 Å². The van der Waals surface area contributed by atoms with Crippen LogP contribution < -0.4 is 20.1 Å². The maximum Gasteiger partial charge on any atom is 0.191 e. The Morgan fingerprint density at radius 2 is 1.89 bits per heavy atom. The number of aryl methyl sites for hydroxylation is 1. The number of nitrogens with one attached hydrogen (secondary N) is 2. The molecule has 0 amide bonds. The SMILES string of the molecule is CN=C(NCc1ccc(OC)c(OC)c1)NCC1CCCc2ccccc21. The van der Waals surface area contributed by atoms with Crippen LogP contribution in [0.1, 0.15) is 35.4 Å². The summed E-state index contributed by atoms with van der Waals surface area (Å²) in [5.74, 6) is 2.82. The Kier molecular flexibility index (Phi) is 6.58. The average Bonchev–Trinajstić information content (AvgIpc) is 2.73. The molecule has 0 saturated heterocycles. The number of ether oxygens (including phenoxy) is 2. The van der Waals surface area contributed by atoms with Gasteiger partial charge in [-0.3, -0.25) is 4.99 Å². The first-order valence-electron chi connectivity index (χ1n) is 9.48. The summed E-state index contributed by atoms with van der Waals surface area (Å²) in [6.07, 6.45) is 3.66. The second-order valence-corrected chi connectivity index (χ2v) is 6.78. The maximum absolute atomic E-state index is 5.37. The van der Waals surface area contributed by atoms with Crippen LogP contribution in [0.4, 0.5) is 0 Å². The van der Waals surface area contributed by atoms with Gasteiger partial charge >= 0.3 is 0 Å². The Balaban J connectivity index is 1.56. The highest BCUT2D eigenvalue weighted by molar-refractivity contribution is 5.79. The van der Waals surface area contributed by atoms with E-state index in [9.17, 15) is 0 Å². The molecule has 1 unspecified atom stereocenters. The summed E-state index contributed by atoms with van der Waals surface area (Å²) >= 11 is 0. The highest BCUT2D eigenvalue weighted by Crippen LogP contribution is 2.31. The Hall–Kier alpha value is -2.69. The molecule has 1 aliphatic carbocycles. The van der Waals surface area contributed by atoms with Crippen molar-refractivity contribution in [2.45, 2.75) is 31.7 Å². The topological polar surface area (TPSA) is 54.9 Å². The van der Waals surface area contributed by atoms with Crippen molar-refractivity contribution in [3.63, 3.8) is 0 Å². The molecule has 2 aromatic carbocycles.